The van der Waals surface area contributed by atoms with Gasteiger partial charge in [-0.05, 0) is 53.8 Å². The molecule has 0 aliphatic heterocycles. The van der Waals surface area contributed by atoms with Gasteiger partial charge in [-0.2, -0.15) is 4.98 Å². The molecule has 7 nitrogen and oxygen atoms in total. The van der Waals surface area contributed by atoms with Crippen molar-refractivity contribution in [3.8, 4) is 11.1 Å². The standard InChI is InChI=1S/C24H23ClFN5O2/c1-2-14-5-8-18(16-10-12-31-20(13-16)29-24(27)30-31)22(26)21(14)23(33)28-11-9-19(32)15-3-6-17(25)7-4-15/h3-8,10,12-13,19,32H,2,9,11H2,1H3,(H2,27,30)(H,28,33). The highest BCUT2D eigenvalue weighted by atomic mass is 35.5. The number of nitrogens with one attached hydrogen (secondary N) is 1. The zero-order chi connectivity index (χ0) is 23.5. The van der Waals surface area contributed by atoms with E-state index in [1.54, 1.807) is 54.7 Å². The van der Waals surface area contributed by atoms with Gasteiger partial charge in [0, 0.05) is 23.3 Å². The highest BCUT2D eigenvalue weighted by Gasteiger charge is 2.21. The molecule has 0 aliphatic carbocycles. The number of hydrogen-bond donors (Lipinski definition) is 3. The predicted octanol–water partition coefficient (Wildman–Crippen LogP) is 4.19. The summed E-state index contributed by atoms with van der Waals surface area (Å²) >= 11 is 5.87. The average molecular weight is 468 g/mol. The first kappa shape index (κ1) is 22.7. The second-order valence-electron chi connectivity index (χ2n) is 7.61. The normalized spacial score (nSPS) is 12.1. The van der Waals surface area contributed by atoms with E-state index in [4.69, 9.17) is 17.3 Å². The van der Waals surface area contributed by atoms with Gasteiger partial charge in [-0.25, -0.2) is 8.91 Å². The lowest BCUT2D eigenvalue weighted by Crippen LogP contribution is -2.27. The predicted molar refractivity (Wildman–Crippen MR) is 126 cm³/mol. The lowest BCUT2D eigenvalue weighted by atomic mass is 9.96. The van der Waals surface area contributed by atoms with Crippen molar-refractivity contribution < 1.29 is 14.3 Å². The fraction of sp³-hybridized carbons (Fsp3) is 0.208. The average Bonchev–Trinajstić information content (AvgIpc) is 3.18. The molecule has 1 unspecified atom stereocenters. The van der Waals surface area contributed by atoms with Crippen LogP contribution in [0.3, 0.4) is 0 Å². The fourth-order valence-electron chi connectivity index (χ4n) is 3.71. The van der Waals surface area contributed by atoms with Crippen LogP contribution in [0.5, 0.6) is 0 Å². The molecule has 0 radical (unpaired) electrons. The quantitative estimate of drug-likeness (QED) is 0.378. The summed E-state index contributed by atoms with van der Waals surface area (Å²) < 4.78 is 17.1. The van der Waals surface area contributed by atoms with Crippen molar-refractivity contribution in [2.24, 2.45) is 0 Å². The number of aliphatic hydroxyl groups is 1. The van der Waals surface area contributed by atoms with Gasteiger partial charge in [0.1, 0.15) is 5.82 Å². The number of carbonyl (C=O) groups is 1. The largest absolute Gasteiger partial charge is 0.388 e. The molecule has 0 bridgehead atoms. The molecule has 2 aromatic heterocycles. The summed E-state index contributed by atoms with van der Waals surface area (Å²) in [7, 11) is 0. The molecule has 4 N–H and O–H groups in total. The van der Waals surface area contributed by atoms with Crippen LogP contribution in [0.25, 0.3) is 16.8 Å². The second-order valence-corrected chi connectivity index (χ2v) is 8.05. The van der Waals surface area contributed by atoms with E-state index in [0.29, 0.717) is 33.8 Å². The third kappa shape index (κ3) is 4.81. The zero-order valence-electron chi connectivity index (χ0n) is 17.9. The molecule has 0 spiro atoms. The first-order chi connectivity index (χ1) is 15.9. The summed E-state index contributed by atoms with van der Waals surface area (Å²) in [6.07, 6.45) is 1.64. The topological polar surface area (TPSA) is 106 Å². The van der Waals surface area contributed by atoms with E-state index in [-0.39, 0.29) is 30.0 Å². The molecule has 1 atom stereocenters. The summed E-state index contributed by atoms with van der Waals surface area (Å²) in [6, 6.07) is 13.6. The van der Waals surface area contributed by atoms with E-state index in [0.717, 1.165) is 0 Å². The molecule has 0 saturated carbocycles. The fourth-order valence-corrected chi connectivity index (χ4v) is 3.83. The Bertz CT molecular complexity index is 1310. The van der Waals surface area contributed by atoms with Gasteiger partial charge in [0.15, 0.2) is 5.65 Å². The number of benzene rings is 2. The number of hydrogen-bond acceptors (Lipinski definition) is 5. The Labute approximate surface area is 195 Å². The molecule has 4 aromatic rings. The monoisotopic (exact) mass is 467 g/mol. The Kier molecular flexibility index (Phi) is 6.57. The van der Waals surface area contributed by atoms with Crippen molar-refractivity contribution in [2.75, 3.05) is 12.3 Å². The molecular weight excluding hydrogens is 445 g/mol. The third-order valence-electron chi connectivity index (χ3n) is 5.46. The van der Waals surface area contributed by atoms with Gasteiger partial charge in [-0.1, -0.05) is 42.8 Å². The van der Waals surface area contributed by atoms with E-state index in [2.05, 4.69) is 15.4 Å². The molecule has 2 heterocycles. The van der Waals surface area contributed by atoms with E-state index < -0.39 is 17.8 Å². The molecule has 0 saturated heterocycles. The van der Waals surface area contributed by atoms with E-state index in [9.17, 15) is 9.90 Å². The lowest BCUT2D eigenvalue weighted by molar-refractivity contribution is 0.0937. The number of nitrogen functional groups attached to an aromatic ring is 1. The van der Waals surface area contributed by atoms with Crippen molar-refractivity contribution >= 4 is 29.1 Å². The van der Waals surface area contributed by atoms with E-state index in [1.807, 2.05) is 6.92 Å². The Morgan fingerprint density at radius 2 is 2.00 bits per heavy atom. The summed E-state index contributed by atoms with van der Waals surface area (Å²) in [5, 5.41) is 17.7. The number of aliphatic hydroxyl groups excluding tert-OH is 1. The summed E-state index contributed by atoms with van der Waals surface area (Å²) in [4.78, 5) is 17.0. The van der Waals surface area contributed by atoms with Crippen molar-refractivity contribution in [1.82, 2.24) is 19.9 Å². The molecular formula is C24H23ClFN5O2. The summed E-state index contributed by atoms with van der Waals surface area (Å²) in [6.45, 7) is 2.04. The van der Waals surface area contributed by atoms with Gasteiger partial charge < -0.3 is 16.2 Å². The number of pyridine rings is 1. The lowest BCUT2D eigenvalue weighted by Gasteiger charge is -2.15. The first-order valence-corrected chi connectivity index (χ1v) is 10.9. The van der Waals surface area contributed by atoms with Gasteiger partial charge in [0.25, 0.3) is 5.91 Å². The molecule has 0 aliphatic rings. The number of fused-ring (bicyclic) bond motifs is 1. The minimum atomic E-state index is -0.772. The number of nitrogens with two attached hydrogens (primary N) is 1. The SMILES string of the molecule is CCc1ccc(-c2ccn3nc(N)nc3c2)c(F)c1C(=O)NCCC(O)c1ccc(Cl)cc1. The minimum absolute atomic E-state index is 0.00293. The molecule has 2 aromatic carbocycles. The number of aromatic nitrogens is 3. The van der Waals surface area contributed by atoms with E-state index >= 15 is 4.39 Å². The summed E-state index contributed by atoms with van der Waals surface area (Å²) in [5.74, 6) is -1.01. The molecule has 4 rings (SSSR count). The van der Waals surface area contributed by atoms with Gasteiger partial charge in [0.05, 0.1) is 11.7 Å². The van der Waals surface area contributed by atoms with Crippen LogP contribution in [0.15, 0.2) is 54.7 Å². The third-order valence-corrected chi connectivity index (χ3v) is 5.71. The van der Waals surface area contributed by atoms with Crippen molar-refractivity contribution in [2.45, 2.75) is 25.9 Å². The van der Waals surface area contributed by atoms with Crippen LogP contribution in [-0.2, 0) is 6.42 Å². The van der Waals surface area contributed by atoms with Crippen LogP contribution in [-0.4, -0.2) is 32.2 Å². The van der Waals surface area contributed by atoms with Gasteiger partial charge in [-0.3, -0.25) is 4.79 Å². The van der Waals surface area contributed by atoms with Crippen molar-refractivity contribution in [1.29, 1.82) is 0 Å². The van der Waals surface area contributed by atoms with Gasteiger partial charge in [-0.15, -0.1) is 5.10 Å². The van der Waals surface area contributed by atoms with Crippen LogP contribution in [0.2, 0.25) is 5.02 Å². The Morgan fingerprint density at radius 3 is 2.73 bits per heavy atom. The maximum atomic E-state index is 15.6. The highest BCUT2D eigenvalue weighted by molar-refractivity contribution is 6.30. The highest BCUT2D eigenvalue weighted by Crippen LogP contribution is 2.28. The van der Waals surface area contributed by atoms with Crippen molar-refractivity contribution in [3.63, 3.8) is 0 Å². The smallest absolute Gasteiger partial charge is 0.254 e. The molecule has 170 valence electrons. The maximum Gasteiger partial charge on any atom is 0.254 e. The van der Waals surface area contributed by atoms with Crippen molar-refractivity contribution in [3.05, 3.63) is 82.3 Å². The number of rotatable bonds is 7. The van der Waals surface area contributed by atoms with Crippen LogP contribution in [0, 0.1) is 5.82 Å². The minimum Gasteiger partial charge on any atom is -0.388 e. The number of aryl methyl sites for hydroxylation is 1. The maximum absolute atomic E-state index is 15.6. The zero-order valence-corrected chi connectivity index (χ0v) is 18.7. The molecule has 0 fully saturated rings. The van der Waals surface area contributed by atoms with Crippen LogP contribution in [0.1, 0.15) is 40.9 Å². The number of nitrogens with zero attached hydrogens (tertiary/aromatic N) is 3. The number of halogens is 2. The molecule has 1 amide bonds. The van der Waals surface area contributed by atoms with Gasteiger partial charge in [0.2, 0.25) is 5.95 Å². The Morgan fingerprint density at radius 1 is 1.24 bits per heavy atom. The number of anilines is 1. The Balaban J connectivity index is 1.54. The van der Waals surface area contributed by atoms with Crippen LogP contribution < -0.4 is 11.1 Å². The van der Waals surface area contributed by atoms with Crippen LogP contribution >= 0.6 is 11.6 Å². The molecule has 9 heteroatoms. The van der Waals surface area contributed by atoms with Crippen LogP contribution in [0.4, 0.5) is 10.3 Å². The summed E-state index contributed by atoms with van der Waals surface area (Å²) in [5.41, 5.74) is 8.23. The second kappa shape index (κ2) is 9.56. The Hall–Kier alpha value is -3.49. The molecule has 33 heavy (non-hydrogen) atoms. The van der Waals surface area contributed by atoms with E-state index in [1.165, 1.54) is 4.52 Å². The first-order valence-electron chi connectivity index (χ1n) is 10.5. The number of amides is 1. The van der Waals surface area contributed by atoms with Gasteiger partial charge >= 0.3 is 0 Å². The number of carbonyl (C=O) groups excluding carboxylic acids is 1.